The van der Waals surface area contributed by atoms with Crippen LogP contribution in [-0.2, 0) is 0 Å². The van der Waals surface area contributed by atoms with Gasteiger partial charge in [0.25, 0.3) is 0 Å². The molecular weight excluding hydrogens is 302 g/mol. The summed E-state index contributed by atoms with van der Waals surface area (Å²) >= 11 is 6.13. The SMILES string of the molecule is COc1cc(Cl)c(OC)c(-c2cc(C(=O)O)on2)c1OC. The molecule has 0 aliphatic carbocycles. The van der Waals surface area contributed by atoms with Crippen LogP contribution in [-0.4, -0.2) is 37.6 Å². The molecule has 0 amide bonds. The van der Waals surface area contributed by atoms with Crippen molar-refractivity contribution in [2.24, 2.45) is 0 Å². The fraction of sp³-hybridized carbons (Fsp3) is 0.231. The first-order valence-corrected chi connectivity index (χ1v) is 6.10. The molecule has 7 nitrogen and oxygen atoms in total. The van der Waals surface area contributed by atoms with Gasteiger partial charge in [-0.15, -0.1) is 0 Å². The van der Waals surface area contributed by atoms with Gasteiger partial charge in [-0.3, -0.25) is 0 Å². The Bertz CT molecular complexity index is 682. The second kappa shape index (κ2) is 5.92. The quantitative estimate of drug-likeness (QED) is 0.907. The molecular formula is C13H12ClNO6. The van der Waals surface area contributed by atoms with E-state index in [9.17, 15) is 4.79 Å². The van der Waals surface area contributed by atoms with Crippen LogP contribution in [0.4, 0.5) is 0 Å². The highest BCUT2D eigenvalue weighted by atomic mass is 35.5. The first-order chi connectivity index (χ1) is 10.0. The van der Waals surface area contributed by atoms with Crippen molar-refractivity contribution in [2.45, 2.75) is 0 Å². The van der Waals surface area contributed by atoms with E-state index in [1.807, 2.05) is 0 Å². The summed E-state index contributed by atoms with van der Waals surface area (Å²) in [7, 11) is 4.32. The third-order valence-electron chi connectivity index (χ3n) is 2.76. The molecule has 2 rings (SSSR count). The van der Waals surface area contributed by atoms with Crippen molar-refractivity contribution in [1.82, 2.24) is 5.16 Å². The van der Waals surface area contributed by atoms with Gasteiger partial charge in [-0.2, -0.15) is 0 Å². The number of carboxylic acid groups (broad SMARTS) is 1. The Kier molecular flexibility index (Phi) is 4.23. The summed E-state index contributed by atoms with van der Waals surface area (Å²) in [6, 6.07) is 2.78. The highest BCUT2D eigenvalue weighted by Crippen LogP contribution is 2.48. The highest BCUT2D eigenvalue weighted by Gasteiger charge is 2.25. The van der Waals surface area contributed by atoms with Crippen LogP contribution in [0.2, 0.25) is 5.02 Å². The summed E-state index contributed by atoms with van der Waals surface area (Å²) in [5.41, 5.74) is 0.558. The van der Waals surface area contributed by atoms with E-state index in [1.54, 1.807) is 0 Å². The van der Waals surface area contributed by atoms with Crippen molar-refractivity contribution in [2.75, 3.05) is 21.3 Å². The van der Waals surface area contributed by atoms with E-state index in [1.165, 1.54) is 33.5 Å². The number of carbonyl (C=O) groups is 1. The summed E-state index contributed by atoms with van der Waals surface area (Å²) < 4.78 is 20.5. The lowest BCUT2D eigenvalue weighted by molar-refractivity contribution is 0.0652. The zero-order valence-electron chi connectivity index (χ0n) is 11.5. The molecule has 2 aromatic rings. The molecule has 0 spiro atoms. The smallest absolute Gasteiger partial charge is 0.374 e. The average Bonchev–Trinajstić information content (AvgIpc) is 2.95. The Morgan fingerprint density at radius 3 is 2.33 bits per heavy atom. The third-order valence-corrected chi connectivity index (χ3v) is 3.04. The van der Waals surface area contributed by atoms with Crippen molar-refractivity contribution >= 4 is 17.6 Å². The van der Waals surface area contributed by atoms with Crippen molar-refractivity contribution in [3.63, 3.8) is 0 Å². The van der Waals surface area contributed by atoms with Crippen LogP contribution >= 0.6 is 11.6 Å². The van der Waals surface area contributed by atoms with Crippen molar-refractivity contribution < 1.29 is 28.6 Å². The maximum Gasteiger partial charge on any atom is 0.374 e. The molecule has 0 atom stereocenters. The maximum atomic E-state index is 10.9. The molecule has 0 fully saturated rings. The zero-order valence-corrected chi connectivity index (χ0v) is 12.2. The van der Waals surface area contributed by atoms with Crippen LogP contribution < -0.4 is 14.2 Å². The molecule has 1 N–H and O–H groups in total. The molecule has 21 heavy (non-hydrogen) atoms. The number of aromatic nitrogens is 1. The minimum atomic E-state index is -1.24. The molecule has 112 valence electrons. The second-order valence-corrected chi connectivity index (χ2v) is 4.29. The largest absolute Gasteiger partial charge is 0.494 e. The Labute approximate surface area is 125 Å². The third kappa shape index (κ3) is 2.59. The Morgan fingerprint density at radius 2 is 1.86 bits per heavy atom. The van der Waals surface area contributed by atoms with Crippen LogP contribution in [0.3, 0.4) is 0 Å². The number of hydrogen-bond acceptors (Lipinski definition) is 6. The molecule has 0 aliphatic rings. The number of hydrogen-bond donors (Lipinski definition) is 1. The minimum Gasteiger partial charge on any atom is -0.494 e. The van der Waals surface area contributed by atoms with Crippen LogP contribution in [0.25, 0.3) is 11.3 Å². The lowest BCUT2D eigenvalue weighted by Crippen LogP contribution is -1.98. The number of methoxy groups -OCH3 is 3. The van der Waals surface area contributed by atoms with E-state index >= 15 is 0 Å². The second-order valence-electron chi connectivity index (χ2n) is 3.88. The predicted octanol–water partition coefficient (Wildman–Crippen LogP) is 2.72. The summed E-state index contributed by atoms with van der Waals surface area (Å²) in [4.78, 5) is 10.9. The monoisotopic (exact) mass is 313 g/mol. The average molecular weight is 314 g/mol. The van der Waals surface area contributed by atoms with E-state index < -0.39 is 5.97 Å². The van der Waals surface area contributed by atoms with Gasteiger partial charge in [-0.05, 0) is 0 Å². The molecule has 0 unspecified atom stereocenters. The molecule has 1 aromatic carbocycles. The highest BCUT2D eigenvalue weighted by molar-refractivity contribution is 6.33. The number of aromatic carboxylic acids is 1. The zero-order chi connectivity index (χ0) is 15.6. The Balaban J connectivity index is 2.74. The van der Waals surface area contributed by atoms with Gasteiger partial charge >= 0.3 is 5.97 Å². The van der Waals surface area contributed by atoms with Crippen molar-refractivity contribution in [3.8, 4) is 28.5 Å². The molecule has 1 heterocycles. The fourth-order valence-corrected chi connectivity index (χ4v) is 2.14. The van der Waals surface area contributed by atoms with Gasteiger partial charge in [-0.1, -0.05) is 16.8 Å². The number of carboxylic acids is 1. The van der Waals surface area contributed by atoms with Gasteiger partial charge in [0.1, 0.15) is 5.69 Å². The minimum absolute atomic E-state index is 0.210. The van der Waals surface area contributed by atoms with Crippen LogP contribution in [0.15, 0.2) is 16.7 Å². The fourth-order valence-electron chi connectivity index (χ4n) is 1.87. The summed E-state index contributed by atoms with van der Waals surface area (Å²) in [6.45, 7) is 0. The number of rotatable bonds is 5. The molecule has 8 heteroatoms. The Morgan fingerprint density at radius 1 is 1.19 bits per heavy atom. The van der Waals surface area contributed by atoms with Gasteiger partial charge in [-0.25, -0.2) is 4.79 Å². The lowest BCUT2D eigenvalue weighted by atomic mass is 10.1. The first-order valence-electron chi connectivity index (χ1n) is 5.72. The number of benzene rings is 1. The topological polar surface area (TPSA) is 91.0 Å². The number of nitrogens with zero attached hydrogens (tertiary/aromatic N) is 1. The normalized spacial score (nSPS) is 10.3. The van der Waals surface area contributed by atoms with Gasteiger partial charge in [0, 0.05) is 12.1 Å². The van der Waals surface area contributed by atoms with E-state index in [2.05, 4.69) is 5.16 Å². The van der Waals surface area contributed by atoms with E-state index in [0.29, 0.717) is 17.1 Å². The van der Waals surface area contributed by atoms with Crippen molar-refractivity contribution in [3.05, 3.63) is 22.9 Å². The molecule has 0 saturated heterocycles. The number of ether oxygens (including phenoxy) is 3. The summed E-state index contributed by atoms with van der Waals surface area (Å²) in [5.74, 6) is -0.601. The predicted molar refractivity (Wildman–Crippen MR) is 73.6 cm³/mol. The molecule has 0 bridgehead atoms. The molecule has 0 saturated carbocycles. The van der Waals surface area contributed by atoms with Crippen LogP contribution in [0.5, 0.6) is 17.2 Å². The van der Waals surface area contributed by atoms with Crippen LogP contribution in [0.1, 0.15) is 10.6 Å². The summed E-state index contributed by atoms with van der Waals surface area (Å²) in [5, 5.41) is 12.9. The van der Waals surface area contributed by atoms with Gasteiger partial charge in [0.05, 0.1) is 31.9 Å². The molecule has 0 aliphatic heterocycles. The van der Waals surface area contributed by atoms with E-state index in [4.69, 9.17) is 35.4 Å². The first kappa shape index (κ1) is 15.0. The van der Waals surface area contributed by atoms with Gasteiger partial charge < -0.3 is 23.8 Å². The van der Waals surface area contributed by atoms with Gasteiger partial charge in [0.2, 0.25) is 5.76 Å². The molecule has 1 aromatic heterocycles. The Hall–Kier alpha value is -2.41. The standard InChI is InChI=1S/C13H12ClNO6/c1-18-8-4-6(14)11(19-2)10(12(8)20-3)7-5-9(13(16)17)21-15-7/h4-5H,1-3H3,(H,16,17). The van der Waals surface area contributed by atoms with Gasteiger partial charge in [0.15, 0.2) is 17.2 Å². The van der Waals surface area contributed by atoms with Crippen LogP contribution in [0, 0.1) is 0 Å². The van der Waals surface area contributed by atoms with E-state index in [0.717, 1.165) is 0 Å². The van der Waals surface area contributed by atoms with Crippen molar-refractivity contribution in [1.29, 1.82) is 0 Å². The number of halogens is 1. The summed E-state index contributed by atoms with van der Waals surface area (Å²) in [6.07, 6.45) is 0. The lowest BCUT2D eigenvalue weighted by Gasteiger charge is -2.15. The molecule has 0 radical (unpaired) electrons. The van der Waals surface area contributed by atoms with E-state index in [-0.39, 0.29) is 22.2 Å². The maximum absolute atomic E-state index is 10.9.